The number of rotatable bonds is 4. The average Bonchev–Trinajstić information content (AvgIpc) is 2.60. The molecule has 0 fully saturated rings. The highest BCUT2D eigenvalue weighted by atomic mass is 32.2. The highest BCUT2D eigenvalue weighted by molar-refractivity contribution is 7.89. The molecule has 0 bridgehead atoms. The quantitative estimate of drug-likeness (QED) is 0.449. The fourth-order valence-electron chi connectivity index (χ4n) is 1.92. The van der Waals surface area contributed by atoms with E-state index in [-0.39, 0.29) is 21.3 Å². The van der Waals surface area contributed by atoms with Crippen LogP contribution in [0.25, 0.3) is 0 Å². The number of hydrogen-bond acceptors (Lipinski definition) is 5. The van der Waals surface area contributed by atoms with Crippen LogP contribution in [0.1, 0.15) is 10.4 Å². The van der Waals surface area contributed by atoms with Gasteiger partial charge in [0.25, 0.3) is 5.91 Å². The molecule has 11 heteroatoms. The normalized spacial score (nSPS) is 10.7. The Morgan fingerprint density at radius 1 is 1.15 bits per heavy atom. The van der Waals surface area contributed by atoms with Gasteiger partial charge in [0.2, 0.25) is 10.0 Å². The highest BCUT2D eigenvalue weighted by Crippen LogP contribution is 2.21. The van der Waals surface area contributed by atoms with Crippen molar-refractivity contribution >= 4 is 38.9 Å². The second kappa shape index (κ2) is 8.08. The molecule has 0 aliphatic rings. The number of ether oxygens (including phenoxy) is 1. The van der Waals surface area contributed by atoms with Crippen molar-refractivity contribution in [2.45, 2.75) is 4.90 Å². The van der Waals surface area contributed by atoms with E-state index in [1.165, 1.54) is 43.5 Å². The predicted octanol–water partition coefficient (Wildman–Crippen LogP) is 1.11. The maximum atomic E-state index is 12.9. The number of carbonyl (C=O) groups is 1. The van der Waals surface area contributed by atoms with Crippen molar-refractivity contribution in [3.05, 3.63) is 53.8 Å². The molecule has 138 valence electrons. The van der Waals surface area contributed by atoms with Crippen LogP contribution in [0.15, 0.2) is 47.4 Å². The van der Waals surface area contributed by atoms with E-state index in [1.807, 2.05) is 0 Å². The number of halogens is 1. The number of hydrogen-bond donors (Lipinski definition) is 4. The van der Waals surface area contributed by atoms with Crippen molar-refractivity contribution in [3.63, 3.8) is 0 Å². The van der Waals surface area contributed by atoms with Crippen LogP contribution in [0.2, 0.25) is 0 Å². The van der Waals surface area contributed by atoms with Crippen molar-refractivity contribution in [1.29, 1.82) is 0 Å². The summed E-state index contributed by atoms with van der Waals surface area (Å²) in [7, 11) is -2.65. The second-order valence-corrected chi connectivity index (χ2v) is 6.92. The average molecular weight is 398 g/mol. The number of amides is 1. The number of nitrogens with one attached hydrogen (secondary N) is 3. The van der Waals surface area contributed by atoms with Gasteiger partial charge in [-0.05, 0) is 54.7 Å². The molecule has 0 unspecified atom stereocenters. The molecule has 2 aromatic rings. The van der Waals surface area contributed by atoms with E-state index >= 15 is 0 Å². The van der Waals surface area contributed by atoms with Gasteiger partial charge in [-0.1, -0.05) is 0 Å². The zero-order valence-corrected chi connectivity index (χ0v) is 15.1. The lowest BCUT2D eigenvalue weighted by atomic mass is 10.2. The van der Waals surface area contributed by atoms with Gasteiger partial charge in [-0.15, -0.1) is 0 Å². The van der Waals surface area contributed by atoms with E-state index in [9.17, 15) is 17.6 Å². The number of hydrazine groups is 1. The molecule has 0 atom stereocenters. The third-order valence-corrected chi connectivity index (χ3v) is 4.25. The summed E-state index contributed by atoms with van der Waals surface area (Å²) in [5, 5.41) is 7.83. The molecular formula is C15H15FN4O4S2. The number of benzene rings is 2. The number of sulfonamides is 1. The molecular weight excluding hydrogens is 383 g/mol. The smallest absolute Gasteiger partial charge is 0.273 e. The van der Waals surface area contributed by atoms with Crippen LogP contribution in [0, 0.1) is 5.82 Å². The van der Waals surface area contributed by atoms with Gasteiger partial charge in [0.1, 0.15) is 11.6 Å². The molecule has 0 aliphatic heterocycles. The summed E-state index contributed by atoms with van der Waals surface area (Å²) in [5.41, 5.74) is 5.19. The first-order chi connectivity index (χ1) is 12.2. The van der Waals surface area contributed by atoms with Crippen molar-refractivity contribution in [1.82, 2.24) is 10.9 Å². The van der Waals surface area contributed by atoms with E-state index in [2.05, 4.69) is 16.2 Å². The fourth-order valence-corrected chi connectivity index (χ4v) is 2.63. The highest BCUT2D eigenvalue weighted by Gasteiger charge is 2.17. The minimum Gasteiger partial charge on any atom is -0.496 e. The first-order valence-electron chi connectivity index (χ1n) is 7.04. The Hall–Kier alpha value is -2.76. The molecule has 1 amide bonds. The summed E-state index contributed by atoms with van der Waals surface area (Å²) in [5.74, 6) is -0.950. The van der Waals surface area contributed by atoms with Crippen LogP contribution in [0.3, 0.4) is 0 Å². The van der Waals surface area contributed by atoms with Gasteiger partial charge in [-0.25, -0.2) is 17.9 Å². The summed E-state index contributed by atoms with van der Waals surface area (Å²) < 4.78 is 40.8. The molecule has 2 rings (SSSR count). The molecule has 0 saturated heterocycles. The number of carbonyl (C=O) groups excluding carboxylic acids is 1. The van der Waals surface area contributed by atoms with Crippen molar-refractivity contribution < 1.29 is 22.3 Å². The lowest BCUT2D eigenvalue weighted by Gasteiger charge is -2.13. The SMILES string of the molecule is COc1ccc(S(N)(=O)=O)cc1C(=O)NNC(=S)Nc1ccc(F)cc1. The molecule has 0 aromatic heterocycles. The molecule has 0 heterocycles. The third kappa shape index (κ3) is 5.12. The molecule has 0 spiro atoms. The topological polar surface area (TPSA) is 123 Å². The van der Waals surface area contributed by atoms with Crippen molar-refractivity contribution in [2.75, 3.05) is 12.4 Å². The number of methoxy groups -OCH3 is 1. The summed E-state index contributed by atoms with van der Waals surface area (Å²) in [6.45, 7) is 0. The first kappa shape index (κ1) is 19.6. The van der Waals surface area contributed by atoms with Gasteiger partial charge in [-0.3, -0.25) is 15.6 Å². The van der Waals surface area contributed by atoms with Crippen LogP contribution in [0.5, 0.6) is 5.75 Å². The van der Waals surface area contributed by atoms with E-state index in [1.54, 1.807) is 0 Å². The Morgan fingerprint density at radius 2 is 1.81 bits per heavy atom. The molecule has 0 aliphatic carbocycles. The van der Waals surface area contributed by atoms with Gasteiger partial charge >= 0.3 is 0 Å². The number of thiocarbonyl (C=S) groups is 1. The van der Waals surface area contributed by atoms with Gasteiger partial charge < -0.3 is 10.1 Å². The maximum absolute atomic E-state index is 12.9. The Bertz CT molecular complexity index is 933. The van der Waals surface area contributed by atoms with E-state index < -0.39 is 21.7 Å². The largest absolute Gasteiger partial charge is 0.496 e. The van der Waals surface area contributed by atoms with Crippen LogP contribution in [0.4, 0.5) is 10.1 Å². The summed E-state index contributed by atoms with van der Waals surface area (Å²) in [6.07, 6.45) is 0. The molecule has 8 nitrogen and oxygen atoms in total. The molecule has 0 radical (unpaired) electrons. The van der Waals surface area contributed by atoms with Crippen LogP contribution in [-0.2, 0) is 10.0 Å². The van der Waals surface area contributed by atoms with Gasteiger partial charge in [0.15, 0.2) is 5.11 Å². The zero-order chi connectivity index (χ0) is 19.3. The monoisotopic (exact) mass is 398 g/mol. The van der Waals surface area contributed by atoms with Crippen molar-refractivity contribution in [3.8, 4) is 5.75 Å². The Balaban J connectivity index is 2.07. The Morgan fingerprint density at radius 3 is 2.38 bits per heavy atom. The lowest BCUT2D eigenvalue weighted by Crippen LogP contribution is -2.43. The third-order valence-electron chi connectivity index (χ3n) is 3.14. The summed E-state index contributed by atoms with van der Waals surface area (Å²) in [4.78, 5) is 12.0. The lowest BCUT2D eigenvalue weighted by molar-refractivity contribution is 0.0941. The minimum absolute atomic E-state index is 0.0338. The summed E-state index contributed by atoms with van der Waals surface area (Å²) >= 11 is 5.01. The number of anilines is 1. The Labute approximate surface area is 154 Å². The summed E-state index contributed by atoms with van der Waals surface area (Å²) in [6, 6.07) is 9.03. The predicted molar refractivity (Wildman–Crippen MR) is 97.6 cm³/mol. The van der Waals surface area contributed by atoms with E-state index in [4.69, 9.17) is 22.1 Å². The minimum atomic E-state index is -3.98. The first-order valence-corrected chi connectivity index (χ1v) is 9.00. The van der Waals surface area contributed by atoms with Gasteiger partial charge in [-0.2, -0.15) is 0 Å². The van der Waals surface area contributed by atoms with E-state index in [0.717, 1.165) is 6.07 Å². The Kier molecular flexibility index (Phi) is 6.08. The standard InChI is InChI=1S/C15H15FN4O4S2/c1-24-13-7-6-11(26(17,22)23)8-12(13)14(21)19-20-15(25)18-10-4-2-9(16)3-5-10/h2-8H,1H3,(H,19,21)(H2,17,22,23)(H2,18,20,25). The molecule has 26 heavy (non-hydrogen) atoms. The van der Waals surface area contributed by atoms with Gasteiger partial charge in [0, 0.05) is 5.69 Å². The van der Waals surface area contributed by atoms with Crippen LogP contribution < -0.4 is 26.0 Å². The van der Waals surface area contributed by atoms with Crippen LogP contribution in [-0.4, -0.2) is 26.5 Å². The molecule has 2 aromatic carbocycles. The molecule has 5 N–H and O–H groups in total. The maximum Gasteiger partial charge on any atom is 0.273 e. The van der Waals surface area contributed by atoms with Crippen molar-refractivity contribution in [2.24, 2.45) is 5.14 Å². The second-order valence-electron chi connectivity index (χ2n) is 4.95. The van der Waals surface area contributed by atoms with Crippen LogP contribution >= 0.6 is 12.2 Å². The van der Waals surface area contributed by atoms with E-state index in [0.29, 0.717) is 5.69 Å². The number of nitrogens with two attached hydrogens (primary N) is 1. The zero-order valence-electron chi connectivity index (χ0n) is 13.4. The van der Waals surface area contributed by atoms with Gasteiger partial charge in [0.05, 0.1) is 17.6 Å². The molecule has 0 saturated carbocycles. The number of primary sulfonamides is 1. The fraction of sp³-hybridized carbons (Fsp3) is 0.0667.